The van der Waals surface area contributed by atoms with Gasteiger partial charge in [-0.3, -0.25) is 4.79 Å². The molecule has 2 nitrogen and oxygen atoms in total. The van der Waals surface area contributed by atoms with Crippen LogP contribution in [0, 0.1) is 3.57 Å². The molecule has 0 amide bonds. The van der Waals surface area contributed by atoms with Crippen molar-refractivity contribution in [2.75, 3.05) is 0 Å². The summed E-state index contributed by atoms with van der Waals surface area (Å²) < 4.78 is 6.46. The van der Waals surface area contributed by atoms with Crippen LogP contribution in [0.15, 0.2) is 24.3 Å². The van der Waals surface area contributed by atoms with Crippen molar-refractivity contribution in [2.24, 2.45) is 0 Å². The third-order valence-electron chi connectivity index (χ3n) is 3.78. The fraction of sp³-hybridized carbons (Fsp3) is 0.632. The van der Waals surface area contributed by atoms with Crippen molar-refractivity contribution in [3.63, 3.8) is 0 Å². The van der Waals surface area contributed by atoms with Gasteiger partial charge in [-0.2, -0.15) is 0 Å². The van der Waals surface area contributed by atoms with E-state index in [1.54, 1.807) is 0 Å². The number of hydrogen-bond acceptors (Lipinski definition) is 2. The molecule has 1 rings (SSSR count). The Hall–Kier alpha value is -0.580. The van der Waals surface area contributed by atoms with Crippen LogP contribution in [-0.4, -0.2) is 5.97 Å². The molecule has 0 fully saturated rings. The zero-order chi connectivity index (χ0) is 16.0. The Morgan fingerprint density at radius 1 is 0.864 bits per heavy atom. The highest BCUT2D eigenvalue weighted by molar-refractivity contribution is 14.1. The summed E-state index contributed by atoms with van der Waals surface area (Å²) in [4.78, 5) is 11.7. The molecule has 0 atom stereocenters. The normalized spacial score (nSPS) is 10.6. The van der Waals surface area contributed by atoms with Gasteiger partial charge >= 0.3 is 5.97 Å². The summed E-state index contributed by atoms with van der Waals surface area (Å²) in [6.45, 7) is 2.25. The summed E-state index contributed by atoms with van der Waals surface area (Å²) in [6, 6.07) is 7.59. The summed E-state index contributed by atoms with van der Waals surface area (Å²) in [7, 11) is 0. The molecule has 3 heteroatoms. The Morgan fingerprint density at radius 2 is 1.36 bits per heavy atom. The molecule has 0 spiro atoms. The topological polar surface area (TPSA) is 26.3 Å². The minimum Gasteiger partial charge on any atom is -0.427 e. The van der Waals surface area contributed by atoms with Gasteiger partial charge in [0.2, 0.25) is 0 Å². The van der Waals surface area contributed by atoms with E-state index in [9.17, 15) is 4.79 Å². The Balaban J connectivity index is 1.93. The van der Waals surface area contributed by atoms with E-state index in [4.69, 9.17) is 4.74 Å². The second kappa shape index (κ2) is 12.9. The average Bonchev–Trinajstić information content (AvgIpc) is 2.51. The number of halogens is 1. The van der Waals surface area contributed by atoms with Crippen molar-refractivity contribution < 1.29 is 9.53 Å². The first-order valence-electron chi connectivity index (χ1n) is 8.68. The van der Waals surface area contributed by atoms with Crippen LogP contribution in [0.4, 0.5) is 0 Å². The number of carbonyl (C=O) groups excluding carboxylic acids is 1. The lowest BCUT2D eigenvalue weighted by molar-refractivity contribution is -0.134. The van der Waals surface area contributed by atoms with E-state index in [0.717, 1.165) is 16.4 Å². The lowest BCUT2D eigenvalue weighted by Crippen LogP contribution is -2.07. The molecule has 0 saturated carbocycles. The lowest BCUT2D eigenvalue weighted by atomic mass is 10.1. The molecule has 0 unspecified atom stereocenters. The van der Waals surface area contributed by atoms with Crippen LogP contribution in [0.3, 0.4) is 0 Å². The average molecular weight is 416 g/mol. The fourth-order valence-electron chi connectivity index (χ4n) is 2.44. The quantitative estimate of drug-likeness (QED) is 0.168. The van der Waals surface area contributed by atoms with E-state index in [0.29, 0.717) is 12.2 Å². The van der Waals surface area contributed by atoms with Crippen LogP contribution in [-0.2, 0) is 4.79 Å². The van der Waals surface area contributed by atoms with Crippen molar-refractivity contribution in [2.45, 2.75) is 77.6 Å². The Bertz CT molecular complexity index is 400. The second-order valence-corrected chi connectivity index (χ2v) is 7.11. The monoisotopic (exact) mass is 416 g/mol. The van der Waals surface area contributed by atoms with Gasteiger partial charge in [0, 0.05) is 9.99 Å². The van der Waals surface area contributed by atoms with Crippen LogP contribution >= 0.6 is 22.6 Å². The lowest BCUT2D eigenvalue weighted by Gasteiger charge is -2.05. The number of rotatable bonds is 12. The highest BCUT2D eigenvalue weighted by Gasteiger charge is 2.04. The van der Waals surface area contributed by atoms with Gasteiger partial charge in [-0.15, -0.1) is 0 Å². The van der Waals surface area contributed by atoms with Gasteiger partial charge in [0.1, 0.15) is 5.75 Å². The number of carbonyl (C=O) groups is 1. The molecule has 0 bridgehead atoms. The van der Waals surface area contributed by atoms with Crippen molar-refractivity contribution >= 4 is 28.6 Å². The van der Waals surface area contributed by atoms with Crippen molar-refractivity contribution in [3.8, 4) is 5.75 Å². The molecule has 1 aromatic rings. The summed E-state index contributed by atoms with van der Waals surface area (Å²) in [5, 5.41) is 0. The molecular weight excluding hydrogens is 387 g/mol. The molecule has 22 heavy (non-hydrogen) atoms. The minimum atomic E-state index is -0.110. The molecule has 0 saturated heterocycles. The highest BCUT2D eigenvalue weighted by atomic mass is 127. The zero-order valence-corrected chi connectivity index (χ0v) is 15.9. The SMILES string of the molecule is CCCCCCCCCCCCC(=O)Oc1ccc(I)cc1. The first-order chi connectivity index (χ1) is 10.7. The number of benzene rings is 1. The number of esters is 1. The van der Waals surface area contributed by atoms with Crippen LogP contribution in [0.1, 0.15) is 77.6 Å². The van der Waals surface area contributed by atoms with Crippen molar-refractivity contribution in [1.29, 1.82) is 0 Å². The van der Waals surface area contributed by atoms with Crippen molar-refractivity contribution in [1.82, 2.24) is 0 Å². The van der Waals surface area contributed by atoms with Crippen LogP contribution < -0.4 is 4.74 Å². The molecular formula is C19H29IO2. The minimum absolute atomic E-state index is 0.110. The smallest absolute Gasteiger partial charge is 0.311 e. The Morgan fingerprint density at radius 3 is 1.91 bits per heavy atom. The van der Waals surface area contributed by atoms with E-state index in [1.807, 2.05) is 24.3 Å². The largest absolute Gasteiger partial charge is 0.427 e. The Labute approximate surface area is 149 Å². The Kier molecular flexibility index (Phi) is 11.4. The maximum atomic E-state index is 11.7. The van der Waals surface area contributed by atoms with Gasteiger partial charge in [0.15, 0.2) is 0 Å². The number of hydrogen-bond donors (Lipinski definition) is 0. The van der Waals surface area contributed by atoms with E-state index in [1.165, 1.54) is 51.4 Å². The number of unbranched alkanes of at least 4 members (excludes halogenated alkanes) is 9. The molecule has 0 radical (unpaired) electrons. The van der Waals surface area contributed by atoms with E-state index >= 15 is 0 Å². The van der Waals surface area contributed by atoms with Crippen LogP contribution in [0.25, 0.3) is 0 Å². The second-order valence-electron chi connectivity index (χ2n) is 5.86. The molecule has 0 N–H and O–H groups in total. The first-order valence-corrected chi connectivity index (χ1v) is 9.76. The summed E-state index contributed by atoms with van der Waals surface area (Å²) in [5.41, 5.74) is 0. The standard InChI is InChI=1S/C19H29IO2/c1-2-3-4-5-6-7-8-9-10-11-12-19(21)22-18-15-13-17(20)14-16-18/h13-16H,2-12H2,1H3. The highest BCUT2D eigenvalue weighted by Crippen LogP contribution is 2.15. The fourth-order valence-corrected chi connectivity index (χ4v) is 2.80. The molecule has 124 valence electrons. The van der Waals surface area contributed by atoms with Gasteiger partial charge in [-0.1, -0.05) is 64.7 Å². The summed E-state index contributed by atoms with van der Waals surface area (Å²) >= 11 is 2.24. The van der Waals surface area contributed by atoms with E-state index in [-0.39, 0.29) is 5.97 Å². The van der Waals surface area contributed by atoms with E-state index in [2.05, 4.69) is 29.5 Å². The van der Waals surface area contributed by atoms with Crippen LogP contribution in [0.5, 0.6) is 5.75 Å². The first kappa shape index (κ1) is 19.5. The van der Waals surface area contributed by atoms with Gasteiger partial charge in [-0.05, 0) is 53.3 Å². The zero-order valence-electron chi connectivity index (χ0n) is 13.8. The van der Waals surface area contributed by atoms with Gasteiger partial charge < -0.3 is 4.74 Å². The predicted octanol–water partition coefficient (Wildman–Crippen LogP) is 6.51. The third-order valence-corrected chi connectivity index (χ3v) is 4.50. The van der Waals surface area contributed by atoms with E-state index < -0.39 is 0 Å². The van der Waals surface area contributed by atoms with Crippen molar-refractivity contribution in [3.05, 3.63) is 27.8 Å². The molecule has 1 aromatic carbocycles. The predicted molar refractivity (Wildman–Crippen MR) is 101 cm³/mol. The maximum absolute atomic E-state index is 11.7. The van der Waals surface area contributed by atoms with Gasteiger partial charge in [0.25, 0.3) is 0 Å². The van der Waals surface area contributed by atoms with Gasteiger partial charge in [-0.25, -0.2) is 0 Å². The third kappa shape index (κ3) is 10.2. The molecule has 0 heterocycles. The van der Waals surface area contributed by atoms with Gasteiger partial charge in [0.05, 0.1) is 0 Å². The summed E-state index contributed by atoms with van der Waals surface area (Å²) in [5.74, 6) is 0.540. The summed E-state index contributed by atoms with van der Waals surface area (Å²) in [6.07, 6.45) is 13.3. The molecule has 0 aromatic heterocycles. The van der Waals surface area contributed by atoms with Crippen LogP contribution in [0.2, 0.25) is 0 Å². The molecule has 0 aliphatic rings. The molecule has 0 aliphatic heterocycles. The molecule has 0 aliphatic carbocycles. The number of ether oxygens (including phenoxy) is 1. The maximum Gasteiger partial charge on any atom is 0.311 e.